The maximum absolute atomic E-state index is 10.0. The highest BCUT2D eigenvalue weighted by Gasteiger charge is 2.21. The summed E-state index contributed by atoms with van der Waals surface area (Å²) in [5, 5.41) is 12.0. The third-order valence-corrected chi connectivity index (χ3v) is 3.59. The van der Waals surface area contributed by atoms with E-state index in [4.69, 9.17) is 0 Å². The summed E-state index contributed by atoms with van der Waals surface area (Å²) in [7, 11) is 2.12. The maximum atomic E-state index is 10.0. The van der Waals surface area contributed by atoms with Crippen LogP contribution in [-0.2, 0) is 0 Å². The van der Waals surface area contributed by atoms with Gasteiger partial charge in [0.2, 0.25) is 0 Å². The molecule has 0 saturated carbocycles. The lowest BCUT2D eigenvalue weighted by Crippen LogP contribution is -2.45. The molecular formula is C10H16N2OS. The molecular weight excluding hydrogens is 196 g/mol. The van der Waals surface area contributed by atoms with Crippen LogP contribution >= 0.6 is 11.3 Å². The predicted octanol–water partition coefficient (Wildman–Crippen LogP) is 0.986. The number of piperazine rings is 1. The number of nitrogens with zero attached hydrogens (tertiary/aromatic N) is 2. The predicted molar refractivity (Wildman–Crippen MR) is 58.3 cm³/mol. The van der Waals surface area contributed by atoms with Crippen molar-refractivity contribution in [1.29, 1.82) is 0 Å². The van der Waals surface area contributed by atoms with Crippen molar-refractivity contribution < 1.29 is 5.11 Å². The van der Waals surface area contributed by atoms with Gasteiger partial charge in [-0.3, -0.25) is 4.90 Å². The van der Waals surface area contributed by atoms with E-state index in [0.717, 1.165) is 31.1 Å². The largest absolute Gasteiger partial charge is 0.373 e. The van der Waals surface area contributed by atoms with Gasteiger partial charge in [0.05, 0.1) is 0 Å². The van der Waals surface area contributed by atoms with Crippen LogP contribution in [0, 0.1) is 0 Å². The van der Waals surface area contributed by atoms with Gasteiger partial charge in [-0.2, -0.15) is 0 Å². The monoisotopic (exact) mass is 212 g/mol. The van der Waals surface area contributed by atoms with E-state index in [2.05, 4.69) is 16.8 Å². The lowest BCUT2D eigenvalue weighted by atomic mass is 10.3. The maximum Gasteiger partial charge on any atom is 0.142 e. The summed E-state index contributed by atoms with van der Waals surface area (Å²) in [4.78, 5) is 5.47. The number of aliphatic hydroxyl groups excluding tert-OH is 1. The second-order valence-electron chi connectivity index (χ2n) is 3.73. The number of hydrogen-bond acceptors (Lipinski definition) is 4. The lowest BCUT2D eigenvalue weighted by Gasteiger charge is -2.35. The number of aliphatic hydroxyl groups is 1. The van der Waals surface area contributed by atoms with Crippen LogP contribution in [0.1, 0.15) is 11.1 Å². The second kappa shape index (κ2) is 4.40. The molecule has 2 heterocycles. The molecule has 14 heavy (non-hydrogen) atoms. The standard InChI is InChI=1S/C10H16N2OS/c1-11-4-6-12(7-5-11)10(13)9-3-2-8-14-9/h2-3,8,10,13H,4-7H2,1H3. The van der Waals surface area contributed by atoms with E-state index in [-0.39, 0.29) is 0 Å². The molecule has 1 atom stereocenters. The summed E-state index contributed by atoms with van der Waals surface area (Å²) in [6.07, 6.45) is -0.399. The van der Waals surface area contributed by atoms with Crippen LogP contribution in [0.4, 0.5) is 0 Å². The van der Waals surface area contributed by atoms with Crippen molar-refractivity contribution >= 4 is 11.3 Å². The fraction of sp³-hybridized carbons (Fsp3) is 0.600. The minimum Gasteiger partial charge on any atom is -0.373 e. The molecule has 0 spiro atoms. The smallest absolute Gasteiger partial charge is 0.142 e. The van der Waals surface area contributed by atoms with E-state index in [1.807, 2.05) is 17.5 Å². The van der Waals surface area contributed by atoms with E-state index < -0.39 is 6.23 Å². The van der Waals surface area contributed by atoms with Crippen LogP contribution < -0.4 is 0 Å². The third-order valence-electron chi connectivity index (χ3n) is 2.68. The van der Waals surface area contributed by atoms with Gasteiger partial charge in [0.1, 0.15) is 6.23 Å². The van der Waals surface area contributed by atoms with Crippen LogP contribution in [0.5, 0.6) is 0 Å². The Morgan fingerprint density at radius 2 is 2.07 bits per heavy atom. The van der Waals surface area contributed by atoms with E-state index in [0.29, 0.717) is 0 Å². The summed E-state index contributed by atoms with van der Waals surface area (Å²) in [6, 6.07) is 3.98. The fourth-order valence-electron chi connectivity index (χ4n) is 1.68. The van der Waals surface area contributed by atoms with Crippen LogP contribution in [0.25, 0.3) is 0 Å². The Kier molecular flexibility index (Phi) is 3.18. The van der Waals surface area contributed by atoms with E-state index >= 15 is 0 Å². The number of thiophene rings is 1. The molecule has 4 heteroatoms. The van der Waals surface area contributed by atoms with Crippen molar-refractivity contribution in [2.45, 2.75) is 6.23 Å². The zero-order chi connectivity index (χ0) is 9.97. The van der Waals surface area contributed by atoms with Gasteiger partial charge in [0, 0.05) is 31.1 Å². The Morgan fingerprint density at radius 3 is 2.64 bits per heavy atom. The first-order chi connectivity index (χ1) is 6.77. The van der Waals surface area contributed by atoms with Gasteiger partial charge in [-0.05, 0) is 18.5 Å². The summed E-state index contributed by atoms with van der Waals surface area (Å²) in [5.74, 6) is 0. The van der Waals surface area contributed by atoms with Crippen molar-refractivity contribution in [3.05, 3.63) is 22.4 Å². The first kappa shape index (κ1) is 10.1. The van der Waals surface area contributed by atoms with Crippen LogP contribution in [0.15, 0.2) is 17.5 Å². The molecule has 1 aliphatic rings. The summed E-state index contributed by atoms with van der Waals surface area (Å²) < 4.78 is 0. The van der Waals surface area contributed by atoms with Crippen LogP contribution in [0.3, 0.4) is 0 Å². The lowest BCUT2D eigenvalue weighted by molar-refractivity contribution is -0.0208. The average Bonchev–Trinajstić information content (AvgIpc) is 2.71. The topological polar surface area (TPSA) is 26.7 Å². The van der Waals surface area contributed by atoms with Crippen molar-refractivity contribution in [3.63, 3.8) is 0 Å². The first-order valence-electron chi connectivity index (χ1n) is 4.91. The van der Waals surface area contributed by atoms with Gasteiger partial charge in [-0.15, -0.1) is 11.3 Å². The summed E-state index contributed by atoms with van der Waals surface area (Å²) in [5.41, 5.74) is 0. The molecule has 78 valence electrons. The highest BCUT2D eigenvalue weighted by atomic mass is 32.1. The molecule has 0 aliphatic carbocycles. The van der Waals surface area contributed by atoms with Crippen LogP contribution in [0.2, 0.25) is 0 Å². The molecule has 2 rings (SSSR count). The SMILES string of the molecule is CN1CCN(C(O)c2cccs2)CC1. The normalized spacial score (nSPS) is 22.4. The molecule has 1 N–H and O–H groups in total. The third kappa shape index (κ3) is 2.15. The molecule has 1 unspecified atom stereocenters. The highest BCUT2D eigenvalue weighted by molar-refractivity contribution is 7.10. The van der Waals surface area contributed by atoms with Gasteiger partial charge < -0.3 is 10.0 Å². The quantitative estimate of drug-likeness (QED) is 0.792. The van der Waals surface area contributed by atoms with Crippen molar-refractivity contribution in [1.82, 2.24) is 9.80 Å². The van der Waals surface area contributed by atoms with E-state index in [1.54, 1.807) is 11.3 Å². The van der Waals surface area contributed by atoms with Crippen LogP contribution in [-0.4, -0.2) is 48.1 Å². The molecule has 1 aliphatic heterocycles. The molecule has 3 nitrogen and oxygen atoms in total. The van der Waals surface area contributed by atoms with E-state index in [1.165, 1.54) is 0 Å². The number of rotatable bonds is 2. The van der Waals surface area contributed by atoms with E-state index in [9.17, 15) is 5.11 Å². The minimum atomic E-state index is -0.399. The zero-order valence-electron chi connectivity index (χ0n) is 8.39. The van der Waals surface area contributed by atoms with Gasteiger partial charge in [-0.25, -0.2) is 0 Å². The highest BCUT2D eigenvalue weighted by Crippen LogP contribution is 2.23. The van der Waals surface area contributed by atoms with Gasteiger partial charge in [0.15, 0.2) is 0 Å². The molecule has 0 amide bonds. The van der Waals surface area contributed by atoms with Gasteiger partial charge >= 0.3 is 0 Å². The molecule has 1 saturated heterocycles. The summed E-state index contributed by atoms with van der Waals surface area (Å²) >= 11 is 1.62. The Hall–Kier alpha value is -0.420. The first-order valence-corrected chi connectivity index (χ1v) is 5.79. The Balaban J connectivity index is 1.95. The van der Waals surface area contributed by atoms with Gasteiger partial charge in [-0.1, -0.05) is 6.07 Å². The molecule has 0 radical (unpaired) electrons. The van der Waals surface area contributed by atoms with Crippen molar-refractivity contribution in [2.24, 2.45) is 0 Å². The van der Waals surface area contributed by atoms with Gasteiger partial charge in [0.25, 0.3) is 0 Å². The molecule has 0 bridgehead atoms. The molecule has 1 aromatic heterocycles. The zero-order valence-corrected chi connectivity index (χ0v) is 9.20. The molecule has 1 fully saturated rings. The number of hydrogen-bond donors (Lipinski definition) is 1. The second-order valence-corrected chi connectivity index (χ2v) is 4.71. The summed E-state index contributed by atoms with van der Waals surface area (Å²) in [6.45, 7) is 4.00. The molecule has 1 aromatic rings. The number of likely N-dealkylation sites (N-methyl/N-ethyl adjacent to an activating group) is 1. The molecule has 0 aromatic carbocycles. The Bertz CT molecular complexity index is 268. The van der Waals surface area contributed by atoms with Crippen molar-refractivity contribution in [3.8, 4) is 0 Å². The fourth-order valence-corrected chi connectivity index (χ4v) is 2.43. The average molecular weight is 212 g/mol. The Morgan fingerprint density at radius 1 is 1.36 bits per heavy atom. The van der Waals surface area contributed by atoms with Crippen molar-refractivity contribution in [2.75, 3.05) is 33.2 Å². The Labute approximate surface area is 88.6 Å². The minimum absolute atomic E-state index is 0.399.